The zero-order valence-electron chi connectivity index (χ0n) is 9.89. The van der Waals surface area contributed by atoms with Crippen molar-refractivity contribution in [3.8, 4) is 6.07 Å². The van der Waals surface area contributed by atoms with Gasteiger partial charge in [0.25, 0.3) is 10.2 Å². The second-order valence-corrected chi connectivity index (χ2v) is 6.18. The van der Waals surface area contributed by atoms with Gasteiger partial charge in [-0.3, -0.25) is 0 Å². The molecule has 92 valence electrons. The van der Waals surface area contributed by atoms with Gasteiger partial charge < -0.3 is 0 Å². The number of nitriles is 1. The van der Waals surface area contributed by atoms with Crippen molar-refractivity contribution in [2.45, 2.75) is 38.6 Å². The Kier molecular flexibility index (Phi) is 4.71. The van der Waals surface area contributed by atoms with E-state index in [1.807, 2.05) is 6.07 Å². The quantitative estimate of drug-likeness (QED) is 0.740. The van der Waals surface area contributed by atoms with E-state index >= 15 is 0 Å². The van der Waals surface area contributed by atoms with Gasteiger partial charge >= 0.3 is 0 Å². The zero-order valence-corrected chi connectivity index (χ0v) is 10.7. The molecule has 1 rings (SSSR count). The largest absolute Gasteiger partial charge is 0.281 e. The predicted molar refractivity (Wildman–Crippen MR) is 61.8 cm³/mol. The summed E-state index contributed by atoms with van der Waals surface area (Å²) in [6.07, 6.45) is 3.19. The highest BCUT2D eigenvalue weighted by Crippen LogP contribution is 2.17. The van der Waals surface area contributed by atoms with Gasteiger partial charge in [0.15, 0.2) is 0 Å². The first-order valence-electron chi connectivity index (χ1n) is 5.60. The molecule has 0 aromatic carbocycles. The topological polar surface area (TPSA) is 64.4 Å². The van der Waals surface area contributed by atoms with Gasteiger partial charge in [-0.25, -0.2) is 0 Å². The number of piperidine rings is 1. The molecule has 0 aliphatic carbocycles. The molecule has 0 aromatic rings. The standard InChI is InChI=1S/C10H19N3O2S/c1-10(6-7-11)12(2)16(14,15)13-8-4-3-5-9-13/h10H,3-6,8-9H2,1-2H3. The lowest BCUT2D eigenvalue weighted by Gasteiger charge is -2.32. The van der Waals surface area contributed by atoms with Crippen LogP contribution in [0, 0.1) is 11.3 Å². The lowest BCUT2D eigenvalue weighted by atomic mass is 10.2. The maximum absolute atomic E-state index is 12.1. The SMILES string of the molecule is CC(CC#N)N(C)S(=O)(=O)N1CCCCC1. The molecule has 0 saturated carbocycles. The second kappa shape index (κ2) is 5.62. The van der Waals surface area contributed by atoms with Crippen molar-refractivity contribution in [3.05, 3.63) is 0 Å². The Hall–Kier alpha value is -0.640. The van der Waals surface area contributed by atoms with Crippen LogP contribution in [0.3, 0.4) is 0 Å². The predicted octanol–water partition coefficient (Wildman–Crippen LogP) is 0.951. The minimum atomic E-state index is -3.37. The van der Waals surface area contributed by atoms with E-state index in [4.69, 9.17) is 5.26 Å². The Morgan fingerprint density at radius 3 is 2.44 bits per heavy atom. The van der Waals surface area contributed by atoms with Gasteiger partial charge in [0.05, 0.1) is 12.5 Å². The van der Waals surface area contributed by atoms with Crippen molar-refractivity contribution in [3.63, 3.8) is 0 Å². The molecule has 1 aliphatic rings. The minimum Gasteiger partial charge on any atom is -0.198 e. The molecule has 1 fully saturated rings. The summed E-state index contributed by atoms with van der Waals surface area (Å²) in [5.74, 6) is 0. The van der Waals surface area contributed by atoms with Crippen LogP contribution in [0.5, 0.6) is 0 Å². The molecule has 16 heavy (non-hydrogen) atoms. The Bertz CT molecular complexity index is 355. The highest BCUT2D eigenvalue weighted by molar-refractivity contribution is 7.86. The molecule has 0 amide bonds. The third kappa shape index (κ3) is 2.94. The molecular weight excluding hydrogens is 226 g/mol. The Morgan fingerprint density at radius 1 is 1.38 bits per heavy atom. The van der Waals surface area contributed by atoms with Crippen molar-refractivity contribution < 1.29 is 8.42 Å². The third-order valence-electron chi connectivity index (χ3n) is 3.01. The molecule has 1 atom stereocenters. The van der Waals surface area contributed by atoms with E-state index < -0.39 is 10.2 Å². The van der Waals surface area contributed by atoms with E-state index in [0.717, 1.165) is 19.3 Å². The number of hydrogen-bond acceptors (Lipinski definition) is 3. The fourth-order valence-electron chi connectivity index (χ4n) is 1.77. The van der Waals surface area contributed by atoms with Gasteiger partial charge in [0, 0.05) is 26.2 Å². The summed E-state index contributed by atoms with van der Waals surface area (Å²) < 4.78 is 27.1. The summed E-state index contributed by atoms with van der Waals surface area (Å²) in [6.45, 7) is 2.96. The van der Waals surface area contributed by atoms with E-state index in [-0.39, 0.29) is 12.5 Å². The normalized spacial score (nSPS) is 20.6. The van der Waals surface area contributed by atoms with Crippen LogP contribution >= 0.6 is 0 Å². The van der Waals surface area contributed by atoms with Gasteiger partial charge in [0.2, 0.25) is 0 Å². The van der Waals surface area contributed by atoms with Crippen LogP contribution in [-0.4, -0.2) is 43.2 Å². The Balaban J connectivity index is 2.72. The maximum Gasteiger partial charge on any atom is 0.281 e. The lowest BCUT2D eigenvalue weighted by Crippen LogP contribution is -2.47. The van der Waals surface area contributed by atoms with E-state index in [1.54, 1.807) is 14.0 Å². The second-order valence-electron chi connectivity index (χ2n) is 4.19. The monoisotopic (exact) mass is 245 g/mol. The zero-order chi connectivity index (χ0) is 12.2. The van der Waals surface area contributed by atoms with Crippen LogP contribution in [0.15, 0.2) is 0 Å². The fraction of sp³-hybridized carbons (Fsp3) is 0.900. The van der Waals surface area contributed by atoms with Crippen LogP contribution < -0.4 is 0 Å². The molecule has 0 aromatic heterocycles. The fourth-order valence-corrected chi connectivity index (χ4v) is 3.38. The summed E-state index contributed by atoms with van der Waals surface area (Å²) in [4.78, 5) is 0. The third-order valence-corrected chi connectivity index (χ3v) is 5.12. The van der Waals surface area contributed by atoms with Crippen LogP contribution in [0.25, 0.3) is 0 Å². The lowest BCUT2D eigenvalue weighted by molar-refractivity contribution is 0.297. The summed E-state index contributed by atoms with van der Waals surface area (Å²) in [6, 6.07) is 1.73. The molecule has 5 nitrogen and oxygen atoms in total. The van der Waals surface area contributed by atoms with Gasteiger partial charge in [-0.15, -0.1) is 0 Å². The molecule has 0 radical (unpaired) electrons. The van der Waals surface area contributed by atoms with E-state index in [0.29, 0.717) is 13.1 Å². The van der Waals surface area contributed by atoms with Crippen molar-refractivity contribution in [1.29, 1.82) is 5.26 Å². The first-order chi connectivity index (χ1) is 7.50. The van der Waals surface area contributed by atoms with Crippen molar-refractivity contribution in [2.24, 2.45) is 0 Å². The van der Waals surface area contributed by atoms with Crippen molar-refractivity contribution in [1.82, 2.24) is 8.61 Å². The molecule has 0 bridgehead atoms. The van der Waals surface area contributed by atoms with Crippen LogP contribution in [-0.2, 0) is 10.2 Å². The van der Waals surface area contributed by atoms with Crippen molar-refractivity contribution in [2.75, 3.05) is 20.1 Å². The molecule has 6 heteroatoms. The van der Waals surface area contributed by atoms with Crippen LogP contribution in [0.2, 0.25) is 0 Å². The summed E-state index contributed by atoms with van der Waals surface area (Å²) in [5.41, 5.74) is 0. The Labute approximate surface area is 97.8 Å². The minimum absolute atomic E-state index is 0.226. The molecule has 0 spiro atoms. The average molecular weight is 245 g/mol. The van der Waals surface area contributed by atoms with Crippen molar-refractivity contribution >= 4 is 10.2 Å². The summed E-state index contributed by atoms with van der Waals surface area (Å²) >= 11 is 0. The summed E-state index contributed by atoms with van der Waals surface area (Å²) in [7, 11) is -1.82. The molecular formula is C10H19N3O2S. The highest BCUT2D eigenvalue weighted by atomic mass is 32.2. The van der Waals surface area contributed by atoms with E-state index in [2.05, 4.69) is 0 Å². The molecule has 1 saturated heterocycles. The summed E-state index contributed by atoms with van der Waals surface area (Å²) in [5, 5.41) is 8.58. The van der Waals surface area contributed by atoms with Gasteiger partial charge in [-0.2, -0.15) is 22.3 Å². The molecule has 1 heterocycles. The Morgan fingerprint density at radius 2 is 1.94 bits per heavy atom. The van der Waals surface area contributed by atoms with Crippen LogP contribution in [0.4, 0.5) is 0 Å². The maximum atomic E-state index is 12.1. The van der Waals surface area contributed by atoms with Gasteiger partial charge in [0.1, 0.15) is 0 Å². The van der Waals surface area contributed by atoms with Gasteiger partial charge in [-0.1, -0.05) is 6.42 Å². The average Bonchev–Trinajstić information content (AvgIpc) is 2.29. The smallest absolute Gasteiger partial charge is 0.198 e. The van der Waals surface area contributed by atoms with Gasteiger partial charge in [-0.05, 0) is 19.8 Å². The first kappa shape index (κ1) is 13.4. The van der Waals surface area contributed by atoms with E-state index in [1.165, 1.54) is 8.61 Å². The van der Waals surface area contributed by atoms with E-state index in [9.17, 15) is 8.42 Å². The van der Waals surface area contributed by atoms with Crippen LogP contribution in [0.1, 0.15) is 32.6 Å². The highest BCUT2D eigenvalue weighted by Gasteiger charge is 2.30. The number of nitrogens with zero attached hydrogens (tertiary/aromatic N) is 3. The number of hydrogen-bond donors (Lipinski definition) is 0. The number of rotatable bonds is 4. The molecule has 0 N–H and O–H groups in total. The first-order valence-corrected chi connectivity index (χ1v) is 7.00. The molecule has 1 unspecified atom stereocenters. The molecule has 1 aliphatic heterocycles.